The van der Waals surface area contributed by atoms with Gasteiger partial charge in [-0.3, -0.25) is 9.88 Å². The fraction of sp³-hybridized carbons (Fsp3) is 0.545. The summed E-state index contributed by atoms with van der Waals surface area (Å²) in [6, 6.07) is 8.83. The van der Waals surface area contributed by atoms with Crippen LogP contribution in [0.3, 0.4) is 0 Å². The number of ether oxygens (including phenoxy) is 2. The maximum atomic E-state index is 14.1. The quantitative estimate of drug-likeness (QED) is 0.293. The lowest BCUT2D eigenvalue weighted by molar-refractivity contribution is -0.138. The third-order valence-corrected chi connectivity index (χ3v) is 8.13. The van der Waals surface area contributed by atoms with Crippen molar-refractivity contribution in [2.45, 2.75) is 78.2 Å². The summed E-state index contributed by atoms with van der Waals surface area (Å²) in [5.41, 5.74) is 2.32. The zero-order chi connectivity index (χ0) is 31.6. The molecule has 2 aliphatic rings. The van der Waals surface area contributed by atoms with Gasteiger partial charge in [-0.05, 0) is 87.9 Å². The Morgan fingerprint density at radius 1 is 1.20 bits per heavy atom. The number of likely N-dealkylation sites (tertiary alicyclic amines) is 1. The number of aryl methyl sites for hydroxylation is 1. The van der Waals surface area contributed by atoms with Crippen molar-refractivity contribution in [3.8, 4) is 0 Å². The normalized spacial score (nSPS) is 19.0. The Morgan fingerprint density at radius 2 is 1.98 bits per heavy atom. The molecule has 5 rings (SSSR count). The van der Waals surface area contributed by atoms with E-state index < -0.39 is 23.4 Å². The molecular formula is C33H42F3N5O3. The molecule has 0 bridgehead atoms. The lowest BCUT2D eigenvalue weighted by Crippen LogP contribution is -2.34. The van der Waals surface area contributed by atoms with Crippen LogP contribution in [-0.4, -0.2) is 57.7 Å². The van der Waals surface area contributed by atoms with Crippen molar-refractivity contribution < 1.29 is 27.4 Å². The Hall–Kier alpha value is -3.44. The first kappa shape index (κ1) is 32.0. The molecular weight excluding hydrogens is 571 g/mol. The van der Waals surface area contributed by atoms with Crippen molar-refractivity contribution in [1.29, 1.82) is 0 Å². The van der Waals surface area contributed by atoms with E-state index in [1.54, 1.807) is 33.2 Å². The van der Waals surface area contributed by atoms with Crippen LogP contribution in [0.5, 0.6) is 0 Å². The van der Waals surface area contributed by atoms with Crippen LogP contribution in [0.1, 0.15) is 80.1 Å². The van der Waals surface area contributed by atoms with Gasteiger partial charge in [0.05, 0.1) is 36.7 Å². The maximum Gasteiger partial charge on any atom is 0.435 e. The largest absolute Gasteiger partial charge is 0.442 e. The summed E-state index contributed by atoms with van der Waals surface area (Å²) in [7, 11) is 0. The first-order valence-electron chi connectivity index (χ1n) is 15.3. The van der Waals surface area contributed by atoms with E-state index in [4.69, 9.17) is 9.47 Å². The number of rotatable bonds is 8. The molecule has 11 heteroatoms. The minimum atomic E-state index is -4.52. The Kier molecular flexibility index (Phi) is 9.36. The molecule has 0 amide bonds. The number of nitrogens with one attached hydrogen (secondary N) is 1. The summed E-state index contributed by atoms with van der Waals surface area (Å²) in [5.74, 6) is 0.508. The van der Waals surface area contributed by atoms with E-state index in [1.807, 2.05) is 31.2 Å². The molecule has 2 atom stereocenters. The van der Waals surface area contributed by atoms with Crippen molar-refractivity contribution in [1.82, 2.24) is 19.7 Å². The van der Waals surface area contributed by atoms with Crippen LogP contribution >= 0.6 is 0 Å². The van der Waals surface area contributed by atoms with Gasteiger partial charge in [0, 0.05) is 43.0 Å². The third kappa shape index (κ3) is 7.79. The molecule has 2 aromatic heterocycles. The predicted molar refractivity (Wildman–Crippen MR) is 161 cm³/mol. The maximum absolute atomic E-state index is 14.1. The van der Waals surface area contributed by atoms with E-state index in [9.17, 15) is 18.0 Å². The van der Waals surface area contributed by atoms with Crippen molar-refractivity contribution in [3.63, 3.8) is 0 Å². The molecule has 3 aromatic rings. The number of carbonyl (C=O) groups excluding carboxylic acids is 1. The molecule has 0 aliphatic carbocycles. The molecule has 0 spiro atoms. The highest BCUT2D eigenvalue weighted by molar-refractivity contribution is 5.70. The van der Waals surface area contributed by atoms with Crippen LogP contribution in [0.15, 0.2) is 42.7 Å². The van der Waals surface area contributed by atoms with Crippen LogP contribution in [0.25, 0.3) is 0 Å². The highest BCUT2D eigenvalue weighted by Crippen LogP contribution is 2.38. The first-order chi connectivity index (χ1) is 20.8. The number of halogens is 3. The minimum absolute atomic E-state index is 0.0467. The molecule has 1 unspecified atom stereocenters. The van der Waals surface area contributed by atoms with Crippen LogP contribution in [0, 0.1) is 18.8 Å². The van der Waals surface area contributed by atoms with Gasteiger partial charge in [-0.1, -0.05) is 19.1 Å². The molecule has 0 saturated carbocycles. The van der Waals surface area contributed by atoms with E-state index in [1.165, 1.54) is 10.7 Å². The zero-order valence-electron chi connectivity index (χ0n) is 26.1. The molecule has 238 valence electrons. The summed E-state index contributed by atoms with van der Waals surface area (Å²) in [6.07, 6.45) is 0.364. The molecule has 2 saturated heterocycles. The number of alkyl halides is 3. The molecule has 8 nitrogen and oxygen atoms in total. The number of piperidine rings is 1. The summed E-state index contributed by atoms with van der Waals surface area (Å²) < 4.78 is 54.6. The van der Waals surface area contributed by atoms with Crippen molar-refractivity contribution in [3.05, 3.63) is 76.4 Å². The second-order valence-corrected chi connectivity index (χ2v) is 13.2. The molecule has 2 aliphatic heterocycles. The summed E-state index contributed by atoms with van der Waals surface area (Å²) >= 11 is 0. The second-order valence-electron chi connectivity index (χ2n) is 13.2. The lowest BCUT2D eigenvalue weighted by atomic mass is 9.81. The van der Waals surface area contributed by atoms with E-state index in [2.05, 4.69) is 27.2 Å². The van der Waals surface area contributed by atoms with Crippen LogP contribution in [0.2, 0.25) is 0 Å². The molecule has 44 heavy (non-hydrogen) atoms. The third-order valence-electron chi connectivity index (χ3n) is 8.13. The predicted octanol–water partition coefficient (Wildman–Crippen LogP) is 7.01. The minimum Gasteiger partial charge on any atom is -0.442 e. The summed E-state index contributed by atoms with van der Waals surface area (Å²) in [4.78, 5) is 19.2. The van der Waals surface area contributed by atoms with Gasteiger partial charge in [-0.2, -0.15) is 23.0 Å². The van der Waals surface area contributed by atoms with E-state index in [0.29, 0.717) is 36.9 Å². The first-order valence-corrected chi connectivity index (χ1v) is 15.3. The fourth-order valence-electron chi connectivity index (χ4n) is 6.01. The number of pyridine rings is 1. The van der Waals surface area contributed by atoms with Crippen molar-refractivity contribution in [2.75, 3.05) is 31.6 Å². The zero-order valence-corrected chi connectivity index (χ0v) is 26.1. The topological polar surface area (TPSA) is 81.5 Å². The van der Waals surface area contributed by atoms with E-state index in [0.717, 1.165) is 42.8 Å². The highest BCUT2D eigenvalue weighted by Gasteiger charge is 2.36. The molecule has 1 aromatic carbocycles. The average Bonchev–Trinajstić information content (AvgIpc) is 3.30. The van der Waals surface area contributed by atoms with Gasteiger partial charge in [0.25, 0.3) is 0 Å². The van der Waals surface area contributed by atoms with Crippen molar-refractivity contribution >= 4 is 11.8 Å². The SMILES string of the molecule is Cc1cn(C(=O)OC(C)(C)C)nc1C(c1cccc(NCc2ncc(CN3CCC[C@H](C)C3)cc2C(F)(F)F)c1)C1COC1. The van der Waals surface area contributed by atoms with Gasteiger partial charge in [-0.15, -0.1) is 0 Å². The molecule has 4 heterocycles. The number of aromatic nitrogens is 3. The van der Waals surface area contributed by atoms with Crippen LogP contribution < -0.4 is 5.32 Å². The van der Waals surface area contributed by atoms with Gasteiger partial charge < -0.3 is 14.8 Å². The number of nitrogens with zero attached hydrogens (tertiary/aromatic N) is 4. The highest BCUT2D eigenvalue weighted by atomic mass is 19.4. The summed E-state index contributed by atoms with van der Waals surface area (Å²) in [5, 5.41) is 7.78. The van der Waals surface area contributed by atoms with Gasteiger partial charge in [-0.25, -0.2) is 4.79 Å². The number of carbonyl (C=O) groups is 1. The molecule has 0 radical (unpaired) electrons. The number of hydrogen-bond acceptors (Lipinski definition) is 7. The Labute approximate surface area is 256 Å². The van der Waals surface area contributed by atoms with Crippen LogP contribution in [0.4, 0.5) is 23.7 Å². The number of hydrogen-bond donors (Lipinski definition) is 1. The van der Waals surface area contributed by atoms with Gasteiger partial charge >= 0.3 is 12.3 Å². The van der Waals surface area contributed by atoms with E-state index in [-0.39, 0.29) is 24.1 Å². The average molecular weight is 614 g/mol. The Balaban J connectivity index is 1.35. The van der Waals surface area contributed by atoms with Gasteiger partial charge in [0.15, 0.2) is 0 Å². The summed E-state index contributed by atoms with van der Waals surface area (Å²) in [6.45, 7) is 12.7. The fourth-order valence-corrected chi connectivity index (χ4v) is 6.01. The second kappa shape index (κ2) is 12.9. The van der Waals surface area contributed by atoms with Gasteiger partial charge in [0.1, 0.15) is 5.60 Å². The van der Waals surface area contributed by atoms with Gasteiger partial charge in [0.2, 0.25) is 0 Å². The molecule has 2 fully saturated rings. The monoisotopic (exact) mass is 613 g/mol. The van der Waals surface area contributed by atoms with E-state index >= 15 is 0 Å². The van der Waals surface area contributed by atoms with Crippen LogP contribution in [-0.2, 0) is 28.7 Å². The standard InChI is InChI=1S/C33H42F3N5O3/c1-21-8-7-11-40(16-21)18-23-12-27(33(34,35)36)28(38-14-23)15-37-26-10-6-9-24(13-26)29(25-19-43-20-25)30-22(2)17-41(39-30)31(42)44-32(3,4)5/h6,9-10,12-14,17,21,25,29,37H,7-8,11,15-16,18-20H2,1-5H3/t21-,29?/m0/s1. The van der Waals surface area contributed by atoms with Crippen molar-refractivity contribution in [2.24, 2.45) is 11.8 Å². The smallest absolute Gasteiger partial charge is 0.435 e. The lowest BCUT2D eigenvalue weighted by Gasteiger charge is -2.33. The number of anilines is 1. The molecule has 1 N–H and O–H groups in total. The Bertz CT molecular complexity index is 1460. The number of benzene rings is 1. The Morgan fingerprint density at radius 3 is 2.64 bits per heavy atom.